The Morgan fingerprint density at radius 1 is 1.42 bits per heavy atom. The first-order valence-corrected chi connectivity index (χ1v) is 5.83. The molecule has 0 fully saturated rings. The third-order valence-electron chi connectivity index (χ3n) is 2.84. The third kappa shape index (κ3) is 2.85. The number of oxazole rings is 1. The Morgan fingerprint density at radius 2 is 2.16 bits per heavy atom. The summed E-state index contributed by atoms with van der Waals surface area (Å²) in [5.74, 6) is 0.861. The molecule has 0 bridgehead atoms. The number of benzene rings is 1. The van der Waals surface area contributed by atoms with E-state index in [9.17, 15) is 4.79 Å². The summed E-state index contributed by atoms with van der Waals surface area (Å²) in [6.45, 7) is 4.12. The van der Waals surface area contributed by atoms with Crippen LogP contribution in [0.1, 0.15) is 27.7 Å². The van der Waals surface area contributed by atoms with Crippen molar-refractivity contribution in [2.75, 3.05) is 11.1 Å². The van der Waals surface area contributed by atoms with Crippen molar-refractivity contribution in [3.05, 3.63) is 41.1 Å². The summed E-state index contributed by atoms with van der Waals surface area (Å²) in [5.41, 5.74) is 13.5. The average molecular weight is 260 g/mol. The number of anilines is 2. The molecule has 0 saturated carbocycles. The zero-order chi connectivity index (χ0) is 14.0. The van der Waals surface area contributed by atoms with Crippen molar-refractivity contribution in [1.82, 2.24) is 4.98 Å². The highest BCUT2D eigenvalue weighted by Crippen LogP contribution is 2.21. The molecule has 19 heavy (non-hydrogen) atoms. The Kier molecular flexibility index (Phi) is 3.41. The number of amides is 1. The van der Waals surface area contributed by atoms with Crippen LogP contribution < -0.4 is 16.8 Å². The van der Waals surface area contributed by atoms with Gasteiger partial charge in [-0.05, 0) is 32.0 Å². The molecule has 6 nitrogen and oxygen atoms in total. The highest BCUT2D eigenvalue weighted by atomic mass is 16.4. The first-order valence-electron chi connectivity index (χ1n) is 5.83. The van der Waals surface area contributed by atoms with Gasteiger partial charge in [-0.2, -0.15) is 0 Å². The summed E-state index contributed by atoms with van der Waals surface area (Å²) in [6.07, 6.45) is 0. The van der Waals surface area contributed by atoms with Gasteiger partial charge in [0.1, 0.15) is 5.76 Å². The standard InChI is InChI=1S/C13H16N4O2/c1-7-8(2)19-12(17-7)6-16-11-5-9(13(15)18)3-4-10(11)14/h3-5,16H,6,14H2,1-2H3,(H2,15,18). The zero-order valence-corrected chi connectivity index (χ0v) is 10.9. The Hall–Kier alpha value is -2.50. The molecule has 0 aliphatic heterocycles. The van der Waals surface area contributed by atoms with Crippen molar-refractivity contribution < 1.29 is 9.21 Å². The lowest BCUT2D eigenvalue weighted by Crippen LogP contribution is -2.12. The number of rotatable bonds is 4. The number of aryl methyl sites for hydroxylation is 2. The van der Waals surface area contributed by atoms with Crippen LogP contribution in [-0.4, -0.2) is 10.9 Å². The predicted octanol–water partition coefficient (Wildman–Crippen LogP) is 1.58. The molecule has 2 rings (SSSR count). The quantitative estimate of drug-likeness (QED) is 0.723. The highest BCUT2D eigenvalue weighted by molar-refractivity contribution is 5.94. The van der Waals surface area contributed by atoms with E-state index in [4.69, 9.17) is 15.9 Å². The van der Waals surface area contributed by atoms with Crippen LogP contribution in [0.4, 0.5) is 11.4 Å². The average Bonchev–Trinajstić information content (AvgIpc) is 2.67. The van der Waals surface area contributed by atoms with Crippen LogP contribution in [-0.2, 0) is 6.54 Å². The third-order valence-corrected chi connectivity index (χ3v) is 2.84. The van der Waals surface area contributed by atoms with Crippen LogP contribution in [0, 0.1) is 13.8 Å². The van der Waals surface area contributed by atoms with Gasteiger partial charge in [-0.15, -0.1) is 0 Å². The first-order chi connectivity index (χ1) is 8.97. The minimum Gasteiger partial charge on any atom is -0.444 e. The van der Waals surface area contributed by atoms with Gasteiger partial charge in [0.25, 0.3) is 0 Å². The van der Waals surface area contributed by atoms with E-state index in [1.54, 1.807) is 18.2 Å². The first kappa shape index (κ1) is 12.9. The molecule has 6 heteroatoms. The lowest BCUT2D eigenvalue weighted by atomic mass is 10.1. The monoisotopic (exact) mass is 260 g/mol. The number of carbonyl (C=O) groups excluding carboxylic acids is 1. The number of carbonyl (C=O) groups is 1. The van der Waals surface area contributed by atoms with Gasteiger partial charge in [0.2, 0.25) is 11.8 Å². The molecule has 0 atom stereocenters. The molecule has 1 aromatic heterocycles. The molecular weight excluding hydrogens is 244 g/mol. The van der Waals surface area contributed by atoms with Gasteiger partial charge in [0.15, 0.2) is 0 Å². The lowest BCUT2D eigenvalue weighted by Gasteiger charge is -2.08. The largest absolute Gasteiger partial charge is 0.444 e. The molecule has 5 N–H and O–H groups in total. The van der Waals surface area contributed by atoms with Gasteiger partial charge in [-0.1, -0.05) is 0 Å². The van der Waals surface area contributed by atoms with E-state index in [2.05, 4.69) is 10.3 Å². The molecule has 0 saturated heterocycles. The van der Waals surface area contributed by atoms with Crippen molar-refractivity contribution >= 4 is 17.3 Å². The van der Waals surface area contributed by atoms with Gasteiger partial charge in [0.05, 0.1) is 23.6 Å². The van der Waals surface area contributed by atoms with Crippen LogP contribution in [0.5, 0.6) is 0 Å². The van der Waals surface area contributed by atoms with E-state index in [0.29, 0.717) is 29.4 Å². The van der Waals surface area contributed by atoms with Crippen LogP contribution >= 0.6 is 0 Å². The Balaban J connectivity index is 2.14. The second kappa shape index (κ2) is 5.01. The maximum atomic E-state index is 11.1. The Morgan fingerprint density at radius 3 is 2.74 bits per heavy atom. The number of hydrogen-bond acceptors (Lipinski definition) is 5. The number of hydrogen-bond donors (Lipinski definition) is 3. The molecule has 2 aromatic rings. The highest BCUT2D eigenvalue weighted by Gasteiger charge is 2.08. The second-order valence-corrected chi connectivity index (χ2v) is 4.27. The molecule has 1 aromatic carbocycles. The van der Waals surface area contributed by atoms with Crippen molar-refractivity contribution in [2.45, 2.75) is 20.4 Å². The molecule has 0 spiro atoms. The number of aromatic nitrogens is 1. The summed E-state index contributed by atoms with van der Waals surface area (Å²) >= 11 is 0. The number of nitrogen functional groups attached to an aromatic ring is 1. The van der Waals surface area contributed by atoms with Gasteiger partial charge in [0, 0.05) is 5.56 Å². The normalized spacial score (nSPS) is 10.4. The smallest absolute Gasteiger partial charge is 0.248 e. The van der Waals surface area contributed by atoms with Gasteiger partial charge in [-0.3, -0.25) is 4.79 Å². The Bertz CT molecular complexity index is 600. The summed E-state index contributed by atoms with van der Waals surface area (Å²) in [7, 11) is 0. The van der Waals surface area contributed by atoms with Crippen molar-refractivity contribution in [3.8, 4) is 0 Å². The maximum Gasteiger partial charge on any atom is 0.248 e. The summed E-state index contributed by atoms with van der Waals surface area (Å²) in [6, 6.07) is 4.83. The number of nitrogens with two attached hydrogens (primary N) is 2. The summed E-state index contributed by atoms with van der Waals surface area (Å²) in [5, 5.41) is 3.08. The van der Waals surface area contributed by atoms with E-state index in [1.807, 2.05) is 13.8 Å². The number of nitrogens with one attached hydrogen (secondary N) is 1. The lowest BCUT2D eigenvalue weighted by molar-refractivity contribution is 0.100. The molecular formula is C13H16N4O2. The van der Waals surface area contributed by atoms with Crippen LogP contribution in [0.2, 0.25) is 0 Å². The molecule has 0 aliphatic carbocycles. The van der Waals surface area contributed by atoms with Crippen molar-refractivity contribution in [1.29, 1.82) is 0 Å². The molecule has 1 amide bonds. The Labute approximate surface area is 110 Å². The number of nitrogens with zero attached hydrogens (tertiary/aromatic N) is 1. The minimum atomic E-state index is -0.495. The van der Waals surface area contributed by atoms with Gasteiger partial charge >= 0.3 is 0 Å². The van der Waals surface area contributed by atoms with E-state index >= 15 is 0 Å². The van der Waals surface area contributed by atoms with E-state index in [1.165, 1.54) is 0 Å². The fourth-order valence-electron chi connectivity index (χ4n) is 1.65. The molecule has 0 unspecified atom stereocenters. The second-order valence-electron chi connectivity index (χ2n) is 4.27. The van der Waals surface area contributed by atoms with Gasteiger partial charge < -0.3 is 21.2 Å². The van der Waals surface area contributed by atoms with Crippen molar-refractivity contribution in [3.63, 3.8) is 0 Å². The zero-order valence-electron chi connectivity index (χ0n) is 10.9. The fourth-order valence-corrected chi connectivity index (χ4v) is 1.65. The molecule has 100 valence electrons. The summed E-state index contributed by atoms with van der Waals surface area (Å²) < 4.78 is 5.45. The molecule has 1 heterocycles. The number of primary amides is 1. The van der Waals surface area contributed by atoms with Crippen molar-refractivity contribution in [2.24, 2.45) is 5.73 Å². The van der Waals surface area contributed by atoms with Crippen LogP contribution in [0.25, 0.3) is 0 Å². The maximum absolute atomic E-state index is 11.1. The molecule has 0 radical (unpaired) electrons. The topological polar surface area (TPSA) is 107 Å². The van der Waals surface area contributed by atoms with E-state index in [0.717, 1.165) is 11.5 Å². The minimum absolute atomic E-state index is 0.390. The SMILES string of the molecule is Cc1nc(CNc2cc(C(N)=O)ccc2N)oc1C. The summed E-state index contributed by atoms with van der Waals surface area (Å²) in [4.78, 5) is 15.4. The van der Waals surface area contributed by atoms with E-state index < -0.39 is 5.91 Å². The van der Waals surface area contributed by atoms with Crippen LogP contribution in [0.15, 0.2) is 22.6 Å². The fraction of sp³-hybridized carbons (Fsp3) is 0.231. The van der Waals surface area contributed by atoms with E-state index in [-0.39, 0.29) is 0 Å². The molecule has 0 aliphatic rings. The van der Waals surface area contributed by atoms with Crippen LogP contribution in [0.3, 0.4) is 0 Å². The predicted molar refractivity (Wildman–Crippen MR) is 72.7 cm³/mol. The van der Waals surface area contributed by atoms with Gasteiger partial charge in [-0.25, -0.2) is 4.98 Å².